The maximum atomic E-state index is 11.7. The monoisotopic (exact) mass is 272 g/mol. The second-order valence-electron chi connectivity index (χ2n) is 4.59. The molecular weight excluding hydrogens is 256 g/mol. The summed E-state index contributed by atoms with van der Waals surface area (Å²) in [5, 5.41) is 3.53. The van der Waals surface area contributed by atoms with Gasteiger partial charge in [0.1, 0.15) is 5.78 Å². The highest BCUT2D eigenvalue weighted by Crippen LogP contribution is 2.16. The number of nitrogens with zero attached hydrogens (tertiary/aromatic N) is 1. The molecule has 1 aromatic rings. The fourth-order valence-electron chi connectivity index (χ4n) is 2.23. The minimum Gasteiger partial charge on any atom is -0.354 e. The third-order valence-corrected chi connectivity index (χ3v) is 3.32. The van der Waals surface area contributed by atoms with Gasteiger partial charge < -0.3 is 5.32 Å². The minimum atomic E-state index is -0.244. The van der Waals surface area contributed by atoms with Gasteiger partial charge in [-0.1, -0.05) is 42.5 Å². The Balaban J connectivity index is 2.23. The average Bonchev–Trinajstić information content (AvgIpc) is 2.36. The van der Waals surface area contributed by atoms with Gasteiger partial charge in [-0.3, -0.25) is 4.79 Å². The van der Waals surface area contributed by atoms with Gasteiger partial charge in [0, 0.05) is 5.71 Å². The van der Waals surface area contributed by atoms with Crippen LogP contribution in [-0.4, -0.2) is 22.6 Å². The molecule has 3 nitrogen and oxygen atoms in total. The van der Waals surface area contributed by atoms with E-state index in [1.807, 2.05) is 49.4 Å². The van der Waals surface area contributed by atoms with Crippen molar-refractivity contribution in [3.8, 4) is 0 Å². The summed E-state index contributed by atoms with van der Waals surface area (Å²) in [5.41, 5.74) is 1.87. The molecule has 4 heteroatoms. The van der Waals surface area contributed by atoms with Crippen molar-refractivity contribution in [2.75, 3.05) is 0 Å². The standard InChI is InChI=1S/C15H16N2OS/c1-10-14(11(2)18)13(17-15(19)16-10)9-8-12-6-4-3-5-7-12/h3-9,13-14H,1-2H3,(H,17,19)/b9-8+. The van der Waals surface area contributed by atoms with Gasteiger partial charge in [0.2, 0.25) is 0 Å². The summed E-state index contributed by atoms with van der Waals surface area (Å²) in [5.74, 6) is -0.148. The number of rotatable bonds is 3. The van der Waals surface area contributed by atoms with Crippen LogP contribution in [-0.2, 0) is 4.79 Å². The van der Waals surface area contributed by atoms with Crippen LogP contribution in [0.3, 0.4) is 0 Å². The van der Waals surface area contributed by atoms with Crippen LogP contribution in [0.25, 0.3) is 6.08 Å². The van der Waals surface area contributed by atoms with Gasteiger partial charge in [-0.25, -0.2) is 4.99 Å². The molecule has 1 aliphatic rings. The summed E-state index contributed by atoms with van der Waals surface area (Å²) in [4.78, 5) is 15.9. The number of hydrogen-bond donors (Lipinski definition) is 1. The van der Waals surface area contributed by atoms with Crippen molar-refractivity contribution in [1.29, 1.82) is 0 Å². The second-order valence-corrected chi connectivity index (χ2v) is 4.97. The molecule has 1 N–H and O–H groups in total. The summed E-state index contributed by atoms with van der Waals surface area (Å²) in [6, 6.07) is 9.84. The third-order valence-electron chi connectivity index (χ3n) is 3.11. The molecule has 2 rings (SSSR count). The van der Waals surface area contributed by atoms with E-state index in [-0.39, 0.29) is 17.7 Å². The number of carbonyl (C=O) groups excluding carboxylic acids is 1. The molecule has 0 aliphatic carbocycles. The summed E-state index contributed by atoms with van der Waals surface area (Å²) >= 11 is 5.09. The van der Waals surface area contributed by atoms with Crippen LogP contribution in [0.15, 0.2) is 41.4 Å². The van der Waals surface area contributed by atoms with Gasteiger partial charge in [0.15, 0.2) is 5.11 Å². The van der Waals surface area contributed by atoms with Gasteiger partial charge in [0.25, 0.3) is 0 Å². The lowest BCUT2D eigenvalue weighted by molar-refractivity contribution is -0.119. The van der Waals surface area contributed by atoms with E-state index in [4.69, 9.17) is 12.2 Å². The molecule has 0 amide bonds. The Hall–Kier alpha value is -1.81. The molecule has 1 heterocycles. The van der Waals surface area contributed by atoms with E-state index in [1.165, 1.54) is 0 Å². The summed E-state index contributed by atoms with van der Waals surface area (Å²) < 4.78 is 0. The van der Waals surface area contributed by atoms with Crippen molar-refractivity contribution < 1.29 is 4.79 Å². The first kappa shape index (κ1) is 13.6. The fourth-order valence-corrected chi connectivity index (χ4v) is 2.51. The van der Waals surface area contributed by atoms with Crippen LogP contribution in [0.4, 0.5) is 0 Å². The van der Waals surface area contributed by atoms with Crippen LogP contribution in [0, 0.1) is 5.92 Å². The molecule has 0 saturated carbocycles. The maximum absolute atomic E-state index is 11.7. The number of carbonyl (C=O) groups is 1. The van der Waals surface area contributed by atoms with Crippen molar-refractivity contribution in [2.45, 2.75) is 19.9 Å². The highest BCUT2D eigenvalue weighted by Gasteiger charge is 2.30. The van der Waals surface area contributed by atoms with Crippen molar-refractivity contribution >= 4 is 34.9 Å². The zero-order valence-corrected chi connectivity index (χ0v) is 11.8. The first-order valence-corrected chi connectivity index (χ1v) is 6.58. The van der Waals surface area contributed by atoms with E-state index >= 15 is 0 Å². The van der Waals surface area contributed by atoms with Gasteiger partial charge in [-0.05, 0) is 31.6 Å². The molecule has 1 aromatic carbocycles. The molecule has 19 heavy (non-hydrogen) atoms. The number of hydrogen-bond acceptors (Lipinski definition) is 2. The average molecular weight is 272 g/mol. The van der Waals surface area contributed by atoms with E-state index < -0.39 is 0 Å². The molecule has 0 aromatic heterocycles. The topological polar surface area (TPSA) is 41.5 Å². The Morgan fingerprint density at radius 2 is 2.05 bits per heavy atom. The highest BCUT2D eigenvalue weighted by molar-refractivity contribution is 7.80. The predicted octanol–water partition coefficient (Wildman–Crippen LogP) is 2.62. The lowest BCUT2D eigenvalue weighted by Crippen LogP contribution is -2.47. The van der Waals surface area contributed by atoms with E-state index in [0.29, 0.717) is 5.11 Å². The Kier molecular flexibility index (Phi) is 4.22. The highest BCUT2D eigenvalue weighted by atomic mass is 32.1. The predicted molar refractivity (Wildman–Crippen MR) is 82.3 cm³/mol. The first-order chi connectivity index (χ1) is 9.08. The Labute approximate surface area is 118 Å². The third kappa shape index (κ3) is 3.35. The van der Waals surface area contributed by atoms with Crippen molar-refractivity contribution in [1.82, 2.24) is 5.32 Å². The lowest BCUT2D eigenvalue weighted by Gasteiger charge is -2.28. The SMILES string of the molecule is CC(=O)C1C(C)=NC(=S)NC1/C=C/c1ccccc1. The van der Waals surface area contributed by atoms with Crippen LogP contribution in [0.2, 0.25) is 0 Å². The zero-order valence-electron chi connectivity index (χ0n) is 11.0. The number of nitrogens with one attached hydrogen (secondary N) is 1. The van der Waals surface area contributed by atoms with Crippen molar-refractivity contribution in [3.63, 3.8) is 0 Å². The van der Waals surface area contributed by atoms with E-state index in [1.54, 1.807) is 6.92 Å². The lowest BCUT2D eigenvalue weighted by atomic mass is 9.89. The molecule has 2 unspecified atom stereocenters. The van der Waals surface area contributed by atoms with Crippen LogP contribution < -0.4 is 5.32 Å². The van der Waals surface area contributed by atoms with Gasteiger partial charge >= 0.3 is 0 Å². The van der Waals surface area contributed by atoms with Crippen molar-refractivity contribution in [3.05, 3.63) is 42.0 Å². The molecule has 0 spiro atoms. The Morgan fingerprint density at radius 3 is 2.68 bits per heavy atom. The van der Waals surface area contributed by atoms with Crippen LogP contribution in [0.5, 0.6) is 0 Å². The first-order valence-electron chi connectivity index (χ1n) is 6.17. The van der Waals surface area contributed by atoms with Gasteiger partial charge in [-0.15, -0.1) is 0 Å². The molecule has 0 saturated heterocycles. The maximum Gasteiger partial charge on any atom is 0.193 e. The molecular formula is C15H16N2OS. The van der Waals surface area contributed by atoms with Gasteiger partial charge in [0.05, 0.1) is 12.0 Å². The molecule has 0 bridgehead atoms. The summed E-state index contributed by atoms with van der Waals surface area (Å²) in [7, 11) is 0. The minimum absolute atomic E-state index is 0.0963. The number of thiocarbonyl (C=S) groups is 1. The molecule has 2 atom stereocenters. The van der Waals surface area contributed by atoms with E-state index in [0.717, 1.165) is 11.3 Å². The van der Waals surface area contributed by atoms with Gasteiger partial charge in [-0.2, -0.15) is 0 Å². The molecule has 98 valence electrons. The van der Waals surface area contributed by atoms with Crippen LogP contribution in [0.1, 0.15) is 19.4 Å². The Morgan fingerprint density at radius 1 is 1.37 bits per heavy atom. The normalized spacial score (nSPS) is 23.1. The molecule has 1 aliphatic heterocycles. The summed E-state index contributed by atoms with van der Waals surface area (Å²) in [6.07, 6.45) is 3.97. The molecule has 0 radical (unpaired) electrons. The summed E-state index contributed by atoms with van der Waals surface area (Å²) in [6.45, 7) is 3.44. The fraction of sp³-hybridized carbons (Fsp3) is 0.267. The quantitative estimate of drug-likeness (QED) is 0.860. The second kappa shape index (κ2) is 5.89. The largest absolute Gasteiger partial charge is 0.354 e. The number of benzene rings is 1. The van der Waals surface area contributed by atoms with E-state index in [9.17, 15) is 4.79 Å². The number of ketones is 1. The number of Topliss-reactive ketones (excluding diaryl/α,β-unsaturated/α-hetero) is 1. The molecule has 0 fully saturated rings. The van der Waals surface area contributed by atoms with Crippen LogP contribution >= 0.6 is 12.2 Å². The smallest absolute Gasteiger partial charge is 0.193 e. The number of aliphatic imine (C=N–C) groups is 1. The Bertz CT molecular complexity index is 549. The van der Waals surface area contributed by atoms with E-state index in [2.05, 4.69) is 10.3 Å². The zero-order chi connectivity index (χ0) is 13.8. The van der Waals surface area contributed by atoms with Crippen molar-refractivity contribution in [2.24, 2.45) is 10.9 Å².